The number of ether oxygens (including phenoxy) is 3. The normalized spacial score (nSPS) is 11.9. The minimum Gasteiger partial charge on any atom is -0.459 e. The van der Waals surface area contributed by atoms with Crippen LogP contribution in [0.5, 0.6) is 0 Å². The van der Waals surface area contributed by atoms with Crippen LogP contribution in [0.1, 0.15) is 31.9 Å². The van der Waals surface area contributed by atoms with Crippen molar-refractivity contribution in [2.45, 2.75) is 45.4 Å². The molecule has 33 heavy (non-hydrogen) atoms. The van der Waals surface area contributed by atoms with Crippen molar-refractivity contribution < 1.29 is 28.6 Å². The third-order valence-corrected chi connectivity index (χ3v) is 4.58. The summed E-state index contributed by atoms with van der Waals surface area (Å²) < 4.78 is 15.7. The zero-order valence-electron chi connectivity index (χ0n) is 19.8. The van der Waals surface area contributed by atoms with Crippen LogP contribution in [0.3, 0.4) is 0 Å². The zero-order chi connectivity index (χ0) is 24.4. The molecular formula is C25H32N2O6. The standard InChI is InChI=1S/C25H32N2O6/c1-25(2,3)33-24(30)26-21(23(29)32-16-18-10-7-6-8-11-18)15-19-12-9-13-20(14-19)27(4)22(28)17-31-5/h6-14,21H,15-17H2,1-5H3,(H,26,30)/t21-/m0/s1. The average molecular weight is 457 g/mol. The first-order valence-electron chi connectivity index (χ1n) is 10.6. The molecule has 0 radical (unpaired) electrons. The van der Waals surface area contributed by atoms with Crippen LogP contribution < -0.4 is 10.2 Å². The number of hydrogen-bond acceptors (Lipinski definition) is 6. The van der Waals surface area contributed by atoms with Gasteiger partial charge >= 0.3 is 12.1 Å². The Morgan fingerprint density at radius 1 is 1.00 bits per heavy atom. The van der Waals surface area contributed by atoms with Crippen molar-refractivity contribution in [1.29, 1.82) is 0 Å². The molecule has 0 unspecified atom stereocenters. The van der Waals surface area contributed by atoms with Gasteiger partial charge in [0.2, 0.25) is 0 Å². The Kier molecular flexibility index (Phi) is 9.42. The van der Waals surface area contributed by atoms with Gasteiger partial charge in [0.15, 0.2) is 0 Å². The number of likely N-dealkylation sites (N-methyl/N-ethyl adjacent to an activating group) is 1. The molecule has 0 spiro atoms. The van der Waals surface area contributed by atoms with Gasteiger partial charge in [0, 0.05) is 26.3 Å². The molecule has 2 aromatic carbocycles. The van der Waals surface area contributed by atoms with Crippen LogP contribution in [-0.2, 0) is 36.8 Å². The second-order valence-corrected chi connectivity index (χ2v) is 8.55. The van der Waals surface area contributed by atoms with Gasteiger partial charge in [0.25, 0.3) is 5.91 Å². The van der Waals surface area contributed by atoms with Gasteiger partial charge in [-0.15, -0.1) is 0 Å². The number of alkyl carbamates (subject to hydrolysis) is 1. The van der Waals surface area contributed by atoms with E-state index in [0.29, 0.717) is 5.69 Å². The largest absolute Gasteiger partial charge is 0.459 e. The lowest BCUT2D eigenvalue weighted by Crippen LogP contribution is -2.45. The molecule has 1 atom stereocenters. The van der Waals surface area contributed by atoms with Gasteiger partial charge in [0.05, 0.1) is 0 Å². The molecule has 0 heterocycles. The Hall–Kier alpha value is -3.39. The number of nitrogens with one attached hydrogen (secondary N) is 1. The quantitative estimate of drug-likeness (QED) is 0.581. The van der Waals surface area contributed by atoms with Gasteiger partial charge in [-0.2, -0.15) is 0 Å². The minimum atomic E-state index is -0.973. The maximum Gasteiger partial charge on any atom is 0.408 e. The van der Waals surface area contributed by atoms with E-state index in [1.54, 1.807) is 46.0 Å². The molecule has 0 fully saturated rings. The summed E-state index contributed by atoms with van der Waals surface area (Å²) in [4.78, 5) is 38.8. The summed E-state index contributed by atoms with van der Waals surface area (Å²) in [5.74, 6) is -0.792. The molecule has 0 aromatic heterocycles. The molecule has 2 rings (SSSR count). The van der Waals surface area contributed by atoms with E-state index >= 15 is 0 Å². The summed E-state index contributed by atoms with van der Waals surface area (Å²) in [7, 11) is 3.10. The number of carbonyl (C=O) groups is 3. The first kappa shape index (κ1) is 25.9. The highest BCUT2D eigenvalue weighted by molar-refractivity contribution is 5.93. The summed E-state index contributed by atoms with van der Waals surface area (Å²) in [6.45, 7) is 5.26. The zero-order valence-corrected chi connectivity index (χ0v) is 19.8. The van der Waals surface area contributed by atoms with Crippen molar-refractivity contribution >= 4 is 23.7 Å². The molecular weight excluding hydrogens is 424 g/mol. The summed E-state index contributed by atoms with van der Waals surface area (Å²) >= 11 is 0. The second kappa shape index (κ2) is 12.0. The molecule has 0 saturated carbocycles. The van der Waals surface area contributed by atoms with E-state index in [2.05, 4.69) is 5.32 Å². The monoisotopic (exact) mass is 456 g/mol. The topological polar surface area (TPSA) is 94.2 Å². The number of esters is 1. The fourth-order valence-corrected chi connectivity index (χ4v) is 2.96. The molecule has 0 aliphatic rings. The lowest BCUT2D eigenvalue weighted by Gasteiger charge is -2.23. The third-order valence-electron chi connectivity index (χ3n) is 4.58. The number of benzene rings is 2. The van der Waals surface area contributed by atoms with Crippen LogP contribution in [0.2, 0.25) is 0 Å². The van der Waals surface area contributed by atoms with Crippen molar-refractivity contribution in [3.05, 3.63) is 65.7 Å². The molecule has 178 valence electrons. The number of carbonyl (C=O) groups excluding carboxylic acids is 3. The predicted molar refractivity (Wildman–Crippen MR) is 125 cm³/mol. The average Bonchev–Trinajstić information content (AvgIpc) is 2.76. The molecule has 1 N–H and O–H groups in total. The lowest BCUT2D eigenvalue weighted by molar-refractivity contribution is -0.147. The number of nitrogens with zero attached hydrogens (tertiary/aromatic N) is 1. The van der Waals surface area contributed by atoms with Gasteiger partial charge in [-0.25, -0.2) is 9.59 Å². The molecule has 8 heteroatoms. The Labute approximate surface area is 194 Å². The van der Waals surface area contributed by atoms with E-state index in [1.807, 2.05) is 36.4 Å². The Bertz CT molecular complexity index is 939. The predicted octanol–water partition coefficient (Wildman–Crippen LogP) is 3.48. The molecule has 0 bridgehead atoms. The number of amides is 2. The molecule has 2 aromatic rings. The van der Waals surface area contributed by atoms with Crippen molar-refractivity contribution in [3.8, 4) is 0 Å². The minimum absolute atomic E-state index is 0.0463. The maximum atomic E-state index is 12.9. The summed E-state index contributed by atoms with van der Waals surface area (Å²) in [5.41, 5.74) is 1.50. The smallest absolute Gasteiger partial charge is 0.408 e. The maximum absolute atomic E-state index is 12.9. The fourth-order valence-electron chi connectivity index (χ4n) is 2.96. The Morgan fingerprint density at radius 2 is 1.67 bits per heavy atom. The van der Waals surface area contributed by atoms with Crippen molar-refractivity contribution in [2.24, 2.45) is 0 Å². The Balaban J connectivity index is 2.17. The molecule has 0 aliphatic carbocycles. The second-order valence-electron chi connectivity index (χ2n) is 8.55. The summed E-state index contributed by atoms with van der Waals surface area (Å²) in [5, 5.41) is 2.61. The van der Waals surface area contributed by atoms with Crippen molar-refractivity contribution in [1.82, 2.24) is 5.32 Å². The number of hydrogen-bond donors (Lipinski definition) is 1. The molecule has 2 amide bonds. The van der Waals surface area contributed by atoms with E-state index < -0.39 is 23.7 Å². The van der Waals surface area contributed by atoms with Crippen LogP contribution in [0, 0.1) is 0 Å². The van der Waals surface area contributed by atoms with Crippen LogP contribution in [0.4, 0.5) is 10.5 Å². The lowest BCUT2D eigenvalue weighted by atomic mass is 10.0. The van der Waals surface area contributed by atoms with Crippen LogP contribution >= 0.6 is 0 Å². The number of rotatable bonds is 9. The molecule has 0 aliphatic heterocycles. The van der Waals surface area contributed by atoms with Crippen LogP contribution in [0.15, 0.2) is 54.6 Å². The van der Waals surface area contributed by atoms with Gasteiger partial charge < -0.3 is 24.4 Å². The van der Waals surface area contributed by atoms with Gasteiger partial charge in [-0.05, 0) is 44.0 Å². The Morgan fingerprint density at radius 3 is 2.30 bits per heavy atom. The van der Waals surface area contributed by atoms with E-state index in [1.165, 1.54) is 12.0 Å². The summed E-state index contributed by atoms with van der Waals surface area (Å²) in [6.07, 6.45) is -0.555. The highest BCUT2D eigenvalue weighted by Gasteiger charge is 2.26. The molecule has 0 saturated heterocycles. The highest BCUT2D eigenvalue weighted by atomic mass is 16.6. The fraction of sp³-hybridized carbons (Fsp3) is 0.400. The number of anilines is 1. The van der Waals surface area contributed by atoms with Crippen molar-refractivity contribution in [2.75, 3.05) is 25.7 Å². The van der Waals surface area contributed by atoms with E-state index in [4.69, 9.17) is 14.2 Å². The highest BCUT2D eigenvalue weighted by Crippen LogP contribution is 2.17. The molecule has 8 nitrogen and oxygen atoms in total. The SMILES string of the molecule is COCC(=O)N(C)c1cccc(C[C@H](NC(=O)OC(C)(C)C)C(=O)OCc2ccccc2)c1. The third kappa shape index (κ3) is 8.94. The first-order valence-corrected chi connectivity index (χ1v) is 10.6. The van der Waals surface area contributed by atoms with Crippen LogP contribution in [-0.4, -0.2) is 50.4 Å². The van der Waals surface area contributed by atoms with E-state index in [9.17, 15) is 14.4 Å². The summed E-state index contributed by atoms with van der Waals surface area (Å²) in [6, 6.07) is 15.5. The first-order chi connectivity index (χ1) is 15.6. The van der Waals surface area contributed by atoms with Crippen molar-refractivity contribution in [3.63, 3.8) is 0 Å². The van der Waals surface area contributed by atoms with Gasteiger partial charge in [-0.3, -0.25) is 4.79 Å². The number of methoxy groups -OCH3 is 1. The van der Waals surface area contributed by atoms with Crippen LogP contribution in [0.25, 0.3) is 0 Å². The van der Waals surface area contributed by atoms with E-state index in [0.717, 1.165) is 11.1 Å². The van der Waals surface area contributed by atoms with Gasteiger partial charge in [0.1, 0.15) is 24.9 Å². The van der Waals surface area contributed by atoms with E-state index in [-0.39, 0.29) is 25.5 Å². The van der Waals surface area contributed by atoms with Gasteiger partial charge in [-0.1, -0.05) is 42.5 Å².